The molecule has 0 saturated carbocycles. The Bertz CT molecular complexity index is 790. The van der Waals surface area contributed by atoms with E-state index in [2.05, 4.69) is 126 Å². The first-order valence-corrected chi connectivity index (χ1v) is 11.0. The van der Waals surface area contributed by atoms with Crippen LogP contribution in [0.2, 0.25) is 0 Å². The molecule has 0 aromatic heterocycles. The molecule has 1 aliphatic heterocycles. The third-order valence-corrected chi connectivity index (χ3v) is 6.58. The molecule has 4 rings (SSSR count). The molecule has 0 bridgehead atoms. The molecule has 3 atom stereocenters. The molecule has 1 aliphatic rings. The SMILES string of the molecule is C[C@@H](c1ccccc1)N1CN([C@@H](C)c2ccccc2)CN([C@@H](C)c2ccccc2)C1.[Cl-].[Cl-].[Cl-].[Cr+3]. The van der Waals surface area contributed by atoms with E-state index in [1.807, 2.05) is 0 Å². The van der Waals surface area contributed by atoms with Gasteiger partial charge in [0.05, 0.1) is 20.0 Å². The van der Waals surface area contributed by atoms with Gasteiger partial charge < -0.3 is 37.2 Å². The van der Waals surface area contributed by atoms with Crippen LogP contribution in [0.15, 0.2) is 91.0 Å². The Balaban J connectivity index is 0.00000272. The second kappa shape index (κ2) is 15.8. The number of benzene rings is 3. The maximum Gasteiger partial charge on any atom is 3.00 e. The van der Waals surface area contributed by atoms with Crippen molar-refractivity contribution in [3.05, 3.63) is 108 Å². The van der Waals surface area contributed by atoms with Gasteiger partial charge >= 0.3 is 17.4 Å². The summed E-state index contributed by atoms with van der Waals surface area (Å²) in [6, 6.07) is 33.7. The molecule has 3 aromatic rings. The summed E-state index contributed by atoms with van der Waals surface area (Å²) in [4.78, 5) is 7.78. The van der Waals surface area contributed by atoms with Gasteiger partial charge in [-0.05, 0) is 37.5 Å². The topological polar surface area (TPSA) is 9.72 Å². The van der Waals surface area contributed by atoms with Crippen molar-refractivity contribution in [1.82, 2.24) is 14.7 Å². The normalized spacial score (nSPS) is 17.0. The van der Waals surface area contributed by atoms with Crippen LogP contribution < -0.4 is 37.2 Å². The Morgan fingerprint density at radius 2 is 0.647 bits per heavy atom. The molecule has 7 heteroatoms. The third-order valence-electron chi connectivity index (χ3n) is 6.58. The minimum Gasteiger partial charge on any atom is -1.00 e. The Labute approximate surface area is 234 Å². The summed E-state index contributed by atoms with van der Waals surface area (Å²) in [5.74, 6) is 0. The second-order valence-electron chi connectivity index (χ2n) is 8.45. The van der Waals surface area contributed by atoms with Crippen LogP contribution >= 0.6 is 0 Å². The Morgan fingerprint density at radius 3 is 0.853 bits per heavy atom. The van der Waals surface area contributed by atoms with Gasteiger partial charge in [-0.25, -0.2) is 0 Å². The predicted octanol–water partition coefficient (Wildman–Crippen LogP) is -2.93. The Hall–Kier alpha value is -1.06. The molecular weight excluding hydrogens is 525 g/mol. The number of nitrogens with zero attached hydrogens (tertiary/aromatic N) is 3. The quantitative estimate of drug-likeness (QED) is 0.322. The van der Waals surface area contributed by atoms with E-state index in [0.29, 0.717) is 18.1 Å². The summed E-state index contributed by atoms with van der Waals surface area (Å²) >= 11 is 0. The van der Waals surface area contributed by atoms with Gasteiger partial charge in [-0.3, -0.25) is 14.7 Å². The monoisotopic (exact) mass is 556 g/mol. The molecule has 0 amide bonds. The molecule has 1 radical (unpaired) electrons. The molecule has 1 fully saturated rings. The second-order valence-corrected chi connectivity index (χ2v) is 8.45. The van der Waals surface area contributed by atoms with Gasteiger partial charge in [0, 0.05) is 18.1 Å². The van der Waals surface area contributed by atoms with Crippen molar-refractivity contribution in [3.63, 3.8) is 0 Å². The van der Waals surface area contributed by atoms with E-state index in [0.717, 1.165) is 20.0 Å². The van der Waals surface area contributed by atoms with Crippen molar-refractivity contribution in [2.24, 2.45) is 0 Å². The average molecular weight is 558 g/mol. The molecule has 3 aromatic carbocycles. The summed E-state index contributed by atoms with van der Waals surface area (Å²) in [5.41, 5.74) is 4.12. The first kappa shape index (κ1) is 32.9. The Kier molecular flexibility index (Phi) is 15.3. The van der Waals surface area contributed by atoms with E-state index in [9.17, 15) is 0 Å². The molecule has 0 aliphatic carbocycles. The maximum absolute atomic E-state index is 2.59. The van der Waals surface area contributed by atoms with Crippen molar-refractivity contribution in [2.45, 2.75) is 38.9 Å². The molecule has 1 heterocycles. The fourth-order valence-electron chi connectivity index (χ4n) is 4.40. The summed E-state index contributed by atoms with van der Waals surface area (Å²) in [6.07, 6.45) is 0. The van der Waals surface area contributed by atoms with Gasteiger partial charge in [0.1, 0.15) is 0 Å². The van der Waals surface area contributed by atoms with Crippen LogP contribution in [0.3, 0.4) is 0 Å². The first-order valence-electron chi connectivity index (χ1n) is 11.0. The first-order chi connectivity index (χ1) is 14.6. The standard InChI is InChI=1S/C27H33N3.3ClH.Cr/c1-22(25-13-7-4-8-14-25)28-19-29(23(2)26-15-9-5-10-16-26)21-30(20-28)24(3)27-17-11-6-12-18-27;;;;/h4-18,22-24H,19-21H2,1-3H3;3*1H;/q;;;;+3/p-3/t22-,23-,24-;;;;/m0..../s1. The largest absolute Gasteiger partial charge is 3.00 e. The van der Waals surface area contributed by atoms with Crippen molar-refractivity contribution >= 4 is 0 Å². The molecule has 34 heavy (non-hydrogen) atoms. The van der Waals surface area contributed by atoms with Gasteiger partial charge in [-0.15, -0.1) is 0 Å². The van der Waals surface area contributed by atoms with Crippen LogP contribution in [-0.4, -0.2) is 34.7 Å². The summed E-state index contributed by atoms with van der Waals surface area (Å²) in [6.45, 7) is 9.88. The van der Waals surface area contributed by atoms with Gasteiger partial charge in [-0.1, -0.05) is 91.0 Å². The molecule has 183 valence electrons. The van der Waals surface area contributed by atoms with E-state index in [1.54, 1.807) is 0 Å². The maximum atomic E-state index is 2.59. The van der Waals surface area contributed by atoms with Crippen molar-refractivity contribution < 1.29 is 54.6 Å². The molecular formula is C27H33Cl3CrN3. The zero-order valence-corrected chi connectivity index (χ0v) is 23.4. The van der Waals surface area contributed by atoms with Crippen LogP contribution in [0.25, 0.3) is 0 Å². The fraction of sp³-hybridized carbons (Fsp3) is 0.333. The van der Waals surface area contributed by atoms with Gasteiger partial charge in [0.25, 0.3) is 0 Å². The third kappa shape index (κ3) is 7.98. The summed E-state index contributed by atoms with van der Waals surface area (Å²) in [5, 5.41) is 0. The van der Waals surface area contributed by atoms with Crippen molar-refractivity contribution in [2.75, 3.05) is 20.0 Å². The number of hydrogen-bond acceptors (Lipinski definition) is 3. The molecule has 0 unspecified atom stereocenters. The Morgan fingerprint density at radius 1 is 0.441 bits per heavy atom. The average Bonchev–Trinajstić information content (AvgIpc) is 2.84. The molecule has 0 spiro atoms. The van der Waals surface area contributed by atoms with E-state index in [4.69, 9.17) is 0 Å². The zero-order valence-electron chi connectivity index (χ0n) is 19.9. The van der Waals surface area contributed by atoms with E-state index >= 15 is 0 Å². The van der Waals surface area contributed by atoms with Crippen LogP contribution in [0, 0.1) is 0 Å². The minimum atomic E-state index is 0. The van der Waals surface area contributed by atoms with Gasteiger partial charge in [-0.2, -0.15) is 0 Å². The van der Waals surface area contributed by atoms with Gasteiger partial charge in [0.2, 0.25) is 0 Å². The minimum absolute atomic E-state index is 0. The number of rotatable bonds is 6. The summed E-state index contributed by atoms with van der Waals surface area (Å²) in [7, 11) is 0. The van der Waals surface area contributed by atoms with Crippen LogP contribution in [0.4, 0.5) is 0 Å². The van der Waals surface area contributed by atoms with E-state index < -0.39 is 0 Å². The van der Waals surface area contributed by atoms with Crippen molar-refractivity contribution in [3.8, 4) is 0 Å². The molecule has 0 N–H and O–H groups in total. The van der Waals surface area contributed by atoms with Crippen LogP contribution in [0.5, 0.6) is 0 Å². The molecule has 1 saturated heterocycles. The fourth-order valence-corrected chi connectivity index (χ4v) is 4.40. The zero-order chi connectivity index (χ0) is 20.9. The molecule has 3 nitrogen and oxygen atoms in total. The predicted molar refractivity (Wildman–Crippen MR) is 125 cm³/mol. The smallest absolute Gasteiger partial charge is 1.00 e. The van der Waals surface area contributed by atoms with E-state index in [-0.39, 0.29) is 54.6 Å². The van der Waals surface area contributed by atoms with Crippen molar-refractivity contribution in [1.29, 1.82) is 0 Å². The summed E-state index contributed by atoms with van der Waals surface area (Å²) < 4.78 is 0. The number of hydrogen-bond donors (Lipinski definition) is 0. The van der Waals surface area contributed by atoms with Gasteiger partial charge in [0.15, 0.2) is 0 Å². The van der Waals surface area contributed by atoms with Crippen LogP contribution in [0.1, 0.15) is 55.6 Å². The van der Waals surface area contributed by atoms with Crippen LogP contribution in [-0.2, 0) is 17.4 Å². The number of halogens is 3. The van der Waals surface area contributed by atoms with E-state index in [1.165, 1.54) is 16.7 Å².